The van der Waals surface area contributed by atoms with Crippen LogP contribution >= 0.6 is 0 Å². The van der Waals surface area contributed by atoms with Crippen molar-refractivity contribution in [1.29, 1.82) is 0 Å². The minimum Gasteiger partial charge on any atom is -0.325 e. The predicted molar refractivity (Wildman–Crippen MR) is 62.6 cm³/mol. The van der Waals surface area contributed by atoms with Crippen LogP contribution in [0.3, 0.4) is 0 Å². The Hall–Kier alpha value is -0.910. The fourth-order valence-corrected chi connectivity index (χ4v) is 3.27. The van der Waals surface area contributed by atoms with E-state index in [4.69, 9.17) is 5.73 Å². The molecule has 0 atom stereocenters. The number of sulfonamides is 1. The number of nitrogens with zero attached hydrogens (tertiary/aromatic N) is 1. The summed E-state index contributed by atoms with van der Waals surface area (Å²) in [5.74, 6) is 0. The zero-order chi connectivity index (χ0) is 11.8. The van der Waals surface area contributed by atoms with Gasteiger partial charge >= 0.3 is 0 Å². The van der Waals surface area contributed by atoms with Crippen molar-refractivity contribution in [1.82, 2.24) is 4.31 Å². The van der Waals surface area contributed by atoms with Crippen molar-refractivity contribution >= 4 is 10.0 Å². The van der Waals surface area contributed by atoms with Crippen molar-refractivity contribution in [2.24, 2.45) is 5.73 Å². The summed E-state index contributed by atoms with van der Waals surface area (Å²) in [5, 5.41) is 0. The molecule has 0 aliphatic carbocycles. The molecule has 88 valence electrons. The van der Waals surface area contributed by atoms with Gasteiger partial charge in [-0.15, -0.1) is 0 Å². The van der Waals surface area contributed by atoms with Gasteiger partial charge in [0, 0.05) is 19.1 Å². The topological polar surface area (TPSA) is 63.4 Å². The third kappa shape index (κ3) is 1.98. The maximum absolute atomic E-state index is 12.0. The monoisotopic (exact) mass is 240 g/mol. The largest absolute Gasteiger partial charge is 0.325 e. The fraction of sp³-hybridized carbons (Fsp3) is 0.455. The minimum atomic E-state index is -3.31. The lowest BCUT2D eigenvalue weighted by atomic mass is 10.2. The zero-order valence-electron chi connectivity index (χ0n) is 9.26. The second-order valence-corrected chi connectivity index (χ2v) is 6.02. The molecule has 0 amide bonds. The molecule has 1 aromatic rings. The number of hydrogen-bond acceptors (Lipinski definition) is 3. The van der Waals surface area contributed by atoms with Crippen LogP contribution in [0.1, 0.15) is 12.5 Å². The molecule has 0 radical (unpaired) electrons. The number of rotatable bonds is 3. The highest BCUT2D eigenvalue weighted by molar-refractivity contribution is 7.89. The van der Waals surface area contributed by atoms with Crippen molar-refractivity contribution in [3.63, 3.8) is 0 Å². The lowest BCUT2D eigenvalue weighted by Gasteiger charge is -2.35. The number of benzene rings is 1. The van der Waals surface area contributed by atoms with Gasteiger partial charge in [-0.1, -0.05) is 19.1 Å². The molecule has 1 fully saturated rings. The van der Waals surface area contributed by atoms with E-state index in [9.17, 15) is 8.42 Å². The van der Waals surface area contributed by atoms with Crippen LogP contribution in [0.15, 0.2) is 29.2 Å². The standard InChI is InChI=1S/C11H16N2O2S/c1-2-9-3-5-11(6-4-9)16(14,15)13-7-10(12)8-13/h3-6,10H,2,7-8,12H2,1H3. The molecule has 0 spiro atoms. The van der Waals surface area contributed by atoms with Crippen LogP contribution in [-0.4, -0.2) is 31.9 Å². The summed E-state index contributed by atoms with van der Waals surface area (Å²) in [6, 6.07) is 7.03. The van der Waals surface area contributed by atoms with Crippen LogP contribution in [0, 0.1) is 0 Å². The summed E-state index contributed by atoms with van der Waals surface area (Å²) in [5.41, 5.74) is 6.72. The molecule has 5 heteroatoms. The van der Waals surface area contributed by atoms with E-state index in [-0.39, 0.29) is 6.04 Å². The van der Waals surface area contributed by atoms with Crippen molar-refractivity contribution in [3.8, 4) is 0 Å². The molecular weight excluding hydrogens is 224 g/mol. The Kier molecular flexibility index (Phi) is 3.01. The lowest BCUT2D eigenvalue weighted by molar-refractivity contribution is 0.265. The van der Waals surface area contributed by atoms with Gasteiger partial charge < -0.3 is 5.73 Å². The zero-order valence-corrected chi connectivity index (χ0v) is 10.1. The van der Waals surface area contributed by atoms with Crippen molar-refractivity contribution < 1.29 is 8.42 Å². The smallest absolute Gasteiger partial charge is 0.243 e. The van der Waals surface area contributed by atoms with Crippen LogP contribution in [0.4, 0.5) is 0 Å². The highest BCUT2D eigenvalue weighted by Crippen LogP contribution is 2.21. The van der Waals surface area contributed by atoms with Crippen LogP contribution in [0.5, 0.6) is 0 Å². The van der Waals surface area contributed by atoms with E-state index in [1.807, 2.05) is 19.1 Å². The molecule has 4 nitrogen and oxygen atoms in total. The number of hydrogen-bond donors (Lipinski definition) is 1. The predicted octanol–water partition coefficient (Wildman–Crippen LogP) is 0.581. The summed E-state index contributed by atoms with van der Waals surface area (Å²) >= 11 is 0. The lowest BCUT2D eigenvalue weighted by Crippen LogP contribution is -2.57. The molecular formula is C11H16N2O2S. The average Bonchev–Trinajstić information content (AvgIpc) is 2.25. The fourth-order valence-electron chi connectivity index (χ4n) is 1.71. The van der Waals surface area contributed by atoms with Crippen molar-refractivity contribution in [2.75, 3.05) is 13.1 Å². The molecule has 16 heavy (non-hydrogen) atoms. The Bertz CT molecular complexity index is 461. The van der Waals surface area contributed by atoms with E-state index in [1.165, 1.54) is 4.31 Å². The second-order valence-electron chi connectivity index (χ2n) is 4.08. The molecule has 1 saturated heterocycles. The number of aryl methyl sites for hydroxylation is 1. The Balaban J connectivity index is 2.22. The van der Waals surface area contributed by atoms with Gasteiger partial charge in [-0.2, -0.15) is 4.31 Å². The molecule has 2 rings (SSSR count). The second kappa shape index (κ2) is 4.16. The Labute approximate surface area is 96.1 Å². The minimum absolute atomic E-state index is 0.00955. The van der Waals surface area contributed by atoms with E-state index in [2.05, 4.69) is 0 Å². The van der Waals surface area contributed by atoms with Gasteiger partial charge in [0.1, 0.15) is 0 Å². The third-order valence-corrected chi connectivity index (χ3v) is 4.69. The van der Waals surface area contributed by atoms with Crippen molar-refractivity contribution in [2.45, 2.75) is 24.3 Å². The average molecular weight is 240 g/mol. The van der Waals surface area contributed by atoms with Crippen LogP contribution in [0.2, 0.25) is 0 Å². The molecule has 1 heterocycles. The molecule has 1 aromatic carbocycles. The maximum Gasteiger partial charge on any atom is 0.243 e. The molecule has 2 N–H and O–H groups in total. The highest BCUT2D eigenvalue weighted by Gasteiger charge is 2.34. The van der Waals surface area contributed by atoms with E-state index in [0.29, 0.717) is 18.0 Å². The molecule has 1 aliphatic heterocycles. The van der Waals surface area contributed by atoms with Gasteiger partial charge in [-0.25, -0.2) is 8.42 Å². The Morgan fingerprint density at radius 2 is 1.88 bits per heavy atom. The molecule has 1 aliphatic rings. The van der Waals surface area contributed by atoms with Crippen LogP contribution < -0.4 is 5.73 Å². The first-order valence-electron chi connectivity index (χ1n) is 5.38. The van der Waals surface area contributed by atoms with Gasteiger partial charge in [0.25, 0.3) is 0 Å². The SMILES string of the molecule is CCc1ccc(S(=O)(=O)N2CC(N)C2)cc1. The highest BCUT2D eigenvalue weighted by atomic mass is 32.2. The van der Waals surface area contributed by atoms with Crippen LogP contribution in [0.25, 0.3) is 0 Å². The van der Waals surface area contributed by atoms with Crippen molar-refractivity contribution in [3.05, 3.63) is 29.8 Å². The van der Waals surface area contributed by atoms with Crippen LogP contribution in [-0.2, 0) is 16.4 Å². The summed E-state index contributed by atoms with van der Waals surface area (Å²) in [7, 11) is -3.31. The molecule has 0 aromatic heterocycles. The van der Waals surface area contributed by atoms with Gasteiger partial charge in [0.05, 0.1) is 4.90 Å². The number of nitrogens with two attached hydrogens (primary N) is 1. The summed E-state index contributed by atoms with van der Waals surface area (Å²) in [4.78, 5) is 0.358. The Morgan fingerprint density at radius 3 is 2.31 bits per heavy atom. The normalized spacial score (nSPS) is 18.4. The molecule has 0 unspecified atom stereocenters. The first kappa shape index (κ1) is 11.6. The van der Waals surface area contributed by atoms with Gasteiger partial charge in [-0.3, -0.25) is 0 Å². The summed E-state index contributed by atoms with van der Waals surface area (Å²) in [6.45, 7) is 2.90. The first-order chi connectivity index (χ1) is 7.54. The molecule has 0 saturated carbocycles. The summed E-state index contributed by atoms with van der Waals surface area (Å²) in [6.07, 6.45) is 0.912. The summed E-state index contributed by atoms with van der Waals surface area (Å²) < 4.78 is 25.5. The van der Waals surface area contributed by atoms with Gasteiger partial charge in [-0.05, 0) is 24.1 Å². The maximum atomic E-state index is 12.0. The molecule has 0 bridgehead atoms. The van der Waals surface area contributed by atoms with E-state index < -0.39 is 10.0 Å². The third-order valence-electron chi connectivity index (χ3n) is 2.85. The van der Waals surface area contributed by atoms with E-state index in [0.717, 1.165) is 12.0 Å². The Morgan fingerprint density at radius 1 is 1.31 bits per heavy atom. The quantitative estimate of drug-likeness (QED) is 0.840. The van der Waals surface area contributed by atoms with Gasteiger partial charge in [0.2, 0.25) is 10.0 Å². The van der Waals surface area contributed by atoms with E-state index >= 15 is 0 Å². The van der Waals surface area contributed by atoms with E-state index in [1.54, 1.807) is 12.1 Å². The first-order valence-corrected chi connectivity index (χ1v) is 6.82. The van der Waals surface area contributed by atoms with Gasteiger partial charge in [0.15, 0.2) is 0 Å².